The number of carbonyl (C=O) groups excluding carboxylic acids is 1. The number of halogens is 1. The number of rotatable bonds is 6. The van der Waals surface area contributed by atoms with Crippen molar-refractivity contribution >= 4 is 40.2 Å². The number of carbonyl (C=O) groups is 1. The minimum Gasteiger partial charge on any atom is -0.392 e. The molecule has 25 heavy (non-hydrogen) atoms. The molecule has 0 saturated heterocycles. The van der Waals surface area contributed by atoms with Gasteiger partial charge in [-0.1, -0.05) is 29.8 Å². The molecule has 7 heteroatoms. The van der Waals surface area contributed by atoms with Crippen LogP contribution in [0.15, 0.2) is 48.5 Å². The van der Waals surface area contributed by atoms with Gasteiger partial charge in [0.25, 0.3) is 0 Å². The third-order valence-corrected chi connectivity index (χ3v) is 3.86. The van der Waals surface area contributed by atoms with Crippen LogP contribution in [0.1, 0.15) is 6.92 Å². The highest BCUT2D eigenvalue weighted by molar-refractivity contribution is 6.30. The number of nitrogens with zero attached hydrogens (tertiary/aromatic N) is 2. The van der Waals surface area contributed by atoms with Crippen molar-refractivity contribution < 1.29 is 9.90 Å². The largest absolute Gasteiger partial charge is 0.392 e. The van der Waals surface area contributed by atoms with Crippen LogP contribution in [0.5, 0.6) is 0 Å². The van der Waals surface area contributed by atoms with E-state index in [4.69, 9.17) is 11.6 Å². The standard InChI is InChI=1S/C18H19ClN4O2/c1-12(24)10-20-18-22-15-7-2-3-8-16(15)23(18)11-17(25)21-14-6-4-5-13(19)9-14/h2-9,12,24H,10-11H2,1H3,(H,20,22)(H,21,25). The highest BCUT2D eigenvalue weighted by atomic mass is 35.5. The highest BCUT2D eigenvalue weighted by Crippen LogP contribution is 2.20. The molecule has 0 aliphatic heterocycles. The summed E-state index contributed by atoms with van der Waals surface area (Å²) in [6.07, 6.45) is -0.520. The van der Waals surface area contributed by atoms with Gasteiger partial charge in [-0.3, -0.25) is 4.79 Å². The van der Waals surface area contributed by atoms with Crippen molar-refractivity contribution in [2.45, 2.75) is 19.6 Å². The molecule has 6 nitrogen and oxygen atoms in total. The zero-order chi connectivity index (χ0) is 17.8. The van der Waals surface area contributed by atoms with Crippen molar-refractivity contribution in [2.24, 2.45) is 0 Å². The van der Waals surface area contributed by atoms with Crippen LogP contribution < -0.4 is 10.6 Å². The predicted octanol–water partition coefficient (Wildman–Crippen LogP) is 3.12. The molecule has 130 valence electrons. The average molecular weight is 359 g/mol. The molecule has 0 bridgehead atoms. The first-order valence-electron chi connectivity index (χ1n) is 7.95. The predicted molar refractivity (Wildman–Crippen MR) is 100.0 cm³/mol. The van der Waals surface area contributed by atoms with Crippen molar-refractivity contribution in [1.29, 1.82) is 0 Å². The lowest BCUT2D eigenvalue weighted by Gasteiger charge is -2.12. The van der Waals surface area contributed by atoms with Gasteiger partial charge in [-0.25, -0.2) is 4.98 Å². The molecular weight excluding hydrogens is 340 g/mol. The zero-order valence-electron chi connectivity index (χ0n) is 13.7. The summed E-state index contributed by atoms with van der Waals surface area (Å²) in [6, 6.07) is 14.6. The van der Waals surface area contributed by atoms with E-state index in [0.29, 0.717) is 23.2 Å². The molecule has 1 amide bonds. The molecule has 0 radical (unpaired) electrons. The number of para-hydroxylation sites is 2. The third-order valence-electron chi connectivity index (χ3n) is 3.62. The number of aliphatic hydroxyl groups excluding tert-OH is 1. The number of hydrogen-bond acceptors (Lipinski definition) is 4. The summed E-state index contributed by atoms with van der Waals surface area (Å²) in [4.78, 5) is 16.9. The molecule has 0 spiro atoms. The van der Waals surface area contributed by atoms with E-state index < -0.39 is 6.10 Å². The van der Waals surface area contributed by atoms with Crippen molar-refractivity contribution in [3.8, 4) is 0 Å². The van der Waals surface area contributed by atoms with Crippen LogP contribution in [0, 0.1) is 0 Å². The Morgan fingerprint density at radius 1 is 1.28 bits per heavy atom. The quantitative estimate of drug-likeness (QED) is 0.632. The van der Waals surface area contributed by atoms with Gasteiger partial charge in [0.15, 0.2) is 0 Å². The summed E-state index contributed by atoms with van der Waals surface area (Å²) < 4.78 is 1.79. The summed E-state index contributed by atoms with van der Waals surface area (Å²) in [7, 11) is 0. The van der Waals surface area contributed by atoms with Crippen LogP contribution in [0.4, 0.5) is 11.6 Å². The van der Waals surface area contributed by atoms with Gasteiger partial charge in [0, 0.05) is 17.3 Å². The van der Waals surface area contributed by atoms with Gasteiger partial charge >= 0.3 is 0 Å². The second-order valence-electron chi connectivity index (χ2n) is 5.80. The molecule has 0 aliphatic carbocycles. The minimum atomic E-state index is -0.520. The van der Waals surface area contributed by atoms with Crippen LogP contribution in [-0.4, -0.2) is 33.2 Å². The molecule has 3 N–H and O–H groups in total. The maximum absolute atomic E-state index is 12.4. The number of imidazole rings is 1. The van der Waals surface area contributed by atoms with Crippen LogP contribution in [-0.2, 0) is 11.3 Å². The number of nitrogens with one attached hydrogen (secondary N) is 2. The van der Waals surface area contributed by atoms with Crippen molar-refractivity contribution in [3.63, 3.8) is 0 Å². The first kappa shape index (κ1) is 17.3. The Morgan fingerprint density at radius 2 is 2.08 bits per heavy atom. The van der Waals surface area contributed by atoms with Crippen LogP contribution >= 0.6 is 11.6 Å². The number of aromatic nitrogens is 2. The number of fused-ring (bicyclic) bond motifs is 1. The number of benzene rings is 2. The lowest BCUT2D eigenvalue weighted by molar-refractivity contribution is -0.116. The Kier molecular flexibility index (Phi) is 5.21. The van der Waals surface area contributed by atoms with Crippen molar-refractivity contribution in [2.75, 3.05) is 17.2 Å². The van der Waals surface area contributed by atoms with Gasteiger partial charge in [0.2, 0.25) is 11.9 Å². The zero-order valence-corrected chi connectivity index (χ0v) is 14.5. The van der Waals surface area contributed by atoms with E-state index in [2.05, 4.69) is 15.6 Å². The highest BCUT2D eigenvalue weighted by Gasteiger charge is 2.14. The molecule has 1 atom stereocenters. The van der Waals surface area contributed by atoms with Crippen molar-refractivity contribution in [3.05, 3.63) is 53.6 Å². The summed E-state index contributed by atoms with van der Waals surface area (Å²) in [5.74, 6) is 0.355. The molecule has 1 unspecified atom stereocenters. The van der Waals surface area contributed by atoms with Gasteiger partial charge in [-0.05, 0) is 37.3 Å². The number of aliphatic hydroxyl groups is 1. The molecule has 0 fully saturated rings. The van der Waals surface area contributed by atoms with Gasteiger partial charge in [-0.2, -0.15) is 0 Å². The van der Waals surface area contributed by atoms with Crippen LogP contribution in [0.2, 0.25) is 5.02 Å². The molecule has 1 heterocycles. The van der Waals surface area contributed by atoms with Gasteiger partial charge in [0.05, 0.1) is 17.1 Å². The maximum Gasteiger partial charge on any atom is 0.244 e. The summed E-state index contributed by atoms with van der Waals surface area (Å²) in [5.41, 5.74) is 2.27. The van der Waals surface area contributed by atoms with E-state index in [-0.39, 0.29) is 12.5 Å². The van der Waals surface area contributed by atoms with E-state index in [0.717, 1.165) is 11.0 Å². The fourth-order valence-corrected chi connectivity index (χ4v) is 2.71. The second-order valence-corrected chi connectivity index (χ2v) is 6.24. The number of amides is 1. The molecular formula is C18H19ClN4O2. The lowest BCUT2D eigenvalue weighted by Crippen LogP contribution is -2.22. The normalized spacial score (nSPS) is 12.1. The molecule has 0 saturated carbocycles. The Hall–Kier alpha value is -2.57. The van der Waals surface area contributed by atoms with E-state index in [1.807, 2.05) is 24.3 Å². The summed E-state index contributed by atoms with van der Waals surface area (Å²) >= 11 is 5.95. The third kappa shape index (κ3) is 4.29. The molecule has 0 aliphatic rings. The Morgan fingerprint density at radius 3 is 2.84 bits per heavy atom. The molecule has 2 aromatic carbocycles. The lowest BCUT2D eigenvalue weighted by atomic mass is 10.3. The Bertz CT molecular complexity index is 892. The Balaban J connectivity index is 1.83. The minimum absolute atomic E-state index is 0.0924. The van der Waals surface area contributed by atoms with E-state index in [1.54, 1.807) is 35.8 Å². The first-order chi connectivity index (χ1) is 12.0. The molecule has 3 aromatic rings. The van der Waals surface area contributed by atoms with Gasteiger partial charge in [-0.15, -0.1) is 0 Å². The monoisotopic (exact) mass is 358 g/mol. The summed E-state index contributed by atoms with van der Waals surface area (Å²) in [5, 5.41) is 16.0. The number of anilines is 2. The number of hydrogen-bond donors (Lipinski definition) is 3. The van der Waals surface area contributed by atoms with Crippen molar-refractivity contribution in [1.82, 2.24) is 9.55 Å². The van der Waals surface area contributed by atoms with Crippen LogP contribution in [0.3, 0.4) is 0 Å². The smallest absolute Gasteiger partial charge is 0.244 e. The maximum atomic E-state index is 12.4. The van der Waals surface area contributed by atoms with Gasteiger partial charge in [0.1, 0.15) is 6.54 Å². The fraction of sp³-hybridized carbons (Fsp3) is 0.222. The Labute approximate surface area is 150 Å². The first-order valence-corrected chi connectivity index (χ1v) is 8.33. The van der Waals surface area contributed by atoms with E-state index in [1.165, 1.54) is 0 Å². The average Bonchev–Trinajstić information content (AvgIpc) is 2.91. The molecule has 3 rings (SSSR count). The topological polar surface area (TPSA) is 79.2 Å². The fourth-order valence-electron chi connectivity index (χ4n) is 2.52. The molecule has 1 aromatic heterocycles. The SMILES string of the molecule is CC(O)CNc1nc2ccccc2n1CC(=O)Nc1cccc(Cl)c1. The van der Waals surface area contributed by atoms with E-state index >= 15 is 0 Å². The van der Waals surface area contributed by atoms with E-state index in [9.17, 15) is 9.90 Å². The van der Waals surface area contributed by atoms with Crippen LogP contribution in [0.25, 0.3) is 11.0 Å². The summed E-state index contributed by atoms with van der Waals surface area (Å²) in [6.45, 7) is 2.13. The van der Waals surface area contributed by atoms with Gasteiger partial charge < -0.3 is 20.3 Å². The second kappa shape index (κ2) is 7.55.